The zero-order chi connectivity index (χ0) is 43.2. The van der Waals surface area contributed by atoms with E-state index in [1.165, 1.54) is 24.3 Å². The minimum atomic E-state index is -1.30. The van der Waals surface area contributed by atoms with Crippen molar-refractivity contribution in [3.05, 3.63) is 181 Å². The normalized spacial score (nSPS) is 11.9. The van der Waals surface area contributed by atoms with E-state index in [0.29, 0.717) is 44.1 Å². The first-order valence-electron chi connectivity index (χ1n) is 18.8. The van der Waals surface area contributed by atoms with Gasteiger partial charge in [0.2, 0.25) is 5.91 Å². The zero-order valence-electron chi connectivity index (χ0n) is 32.3. The third-order valence-electron chi connectivity index (χ3n) is 9.90. The summed E-state index contributed by atoms with van der Waals surface area (Å²) in [6, 6.07) is 35.4. The van der Waals surface area contributed by atoms with Crippen LogP contribution in [0, 0.1) is 20.2 Å². The van der Waals surface area contributed by atoms with Gasteiger partial charge in [-0.3, -0.25) is 34.6 Å². The van der Waals surface area contributed by atoms with Crippen LogP contribution in [0.1, 0.15) is 32.7 Å². The highest BCUT2D eigenvalue weighted by atomic mass is 16.6. The van der Waals surface area contributed by atoms with Crippen LogP contribution < -0.4 is 43.2 Å². The van der Waals surface area contributed by atoms with Crippen LogP contribution in [0.5, 0.6) is 0 Å². The Labute approximate surface area is 346 Å². The Hall–Kier alpha value is -8.66. The second kappa shape index (κ2) is 17.5. The Kier molecular flexibility index (Phi) is 11.6. The van der Waals surface area contributed by atoms with Gasteiger partial charge in [0, 0.05) is 57.0 Å². The number of para-hydroxylation sites is 3. The lowest BCUT2D eigenvalue weighted by molar-refractivity contribution is -0.384. The molecule has 0 bridgehead atoms. The number of primary amides is 1. The molecule has 7 aromatic rings. The lowest BCUT2D eigenvalue weighted by Crippen LogP contribution is -2.46. The smallest absolute Gasteiger partial charge is 0.293 e. The average molecular weight is 816 g/mol. The first kappa shape index (κ1) is 40.5. The fraction of sp³-hybridized carbons (Fsp3) is 0.0667. The number of anilines is 4. The number of hydrogen-bond donors (Lipinski definition) is 6. The van der Waals surface area contributed by atoms with Gasteiger partial charge in [0.05, 0.1) is 32.3 Å². The molecule has 304 valence electrons. The highest BCUT2D eigenvalue weighted by molar-refractivity contribution is 6.09. The van der Waals surface area contributed by atoms with Crippen LogP contribution in [-0.4, -0.2) is 45.1 Å². The third kappa shape index (κ3) is 8.78. The lowest BCUT2D eigenvalue weighted by Gasteiger charge is -2.17. The summed E-state index contributed by atoms with van der Waals surface area (Å²) >= 11 is 0. The van der Waals surface area contributed by atoms with Gasteiger partial charge in [0.15, 0.2) is 0 Å². The number of nitro benzene ring substituents is 2. The topological polar surface area (TPSA) is 251 Å². The van der Waals surface area contributed by atoms with Crippen molar-refractivity contribution in [2.75, 3.05) is 22.9 Å². The predicted molar refractivity (Wildman–Crippen MR) is 234 cm³/mol. The second-order valence-corrected chi connectivity index (χ2v) is 13.8. The van der Waals surface area contributed by atoms with E-state index >= 15 is 0 Å². The van der Waals surface area contributed by atoms with Gasteiger partial charge in [-0.1, -0.05) is 85.4 Å². The number of pyridine rings is 1. The quantitative estimate of drug-likeness (QED) is 0.0341. The number of aromatic nitrogens is 1. The number of carbonyl (C=O) groups is 3. The Bertz CT molecular complexity index is 2980. The van der Waals surface area contributed by atoms with Gasteiger partial charge in [-0.15, -0.1) is 0 Å². The summed E-state index contributed by atoms with van der Waals surface area (Å²) in [5.74, 6) is -2.44. The van der Waals surface area contributed by atoms with Crippen LogP contribution >= 0.6 is 0 Å². The Morgan fingerprint density at radius 3 is 1.89 bits per heavy atom. The van der Waals surface area contributed by atoms with E-state index in [0.717, 1.165) is 22.9 Å². The van der Waals surface area contributed by atoms with Gasteiger partial charge < -0.3 is 32.7 Å². The maximum atomic E-state index is 13.4. The maximum Gasteiger partial charge on any atom is 0.293 e. The summed E-state index contributed by atoms with van der Waals surface area (Å²) in [6.07, 6.45) is -0.167. The van der Waals surface area contributed by atoms with Crippen molar-refractivity contribution in [1.82, 2.24) is 15.6 Å². The second-order valence-electron chi connectivity index (χ2n) is 13.8. The third-order valence-corrected chi connectivity index (χ3v) is 9.90. The van der Waals surface area contributed by atoms with E-state index < -0.39 is 39.3 Å². The molecular weight excluding hydrogens is 779 g/mol. The first-order valence-corrected chi connectivity index (χ1v) is 18.8. The van der Waals surface area contributed by atoms with Crippen LogP contribution in [0.25, 0.3) is 34.1 Å². The number of rotatable bonds is 14. The summed E-state index contributed by atoms with van der Waals surface area (Å²) in [4.78, 5) is 67.0. The van der Waals surface area contributed by atoms with E-state index in [1.807, 2.05) is 48.5 Å². The van der Waals surface area contributed by atoms with Crippen LogP contribution in [0.3, 0.4) is 0 Å². The molecule has 1 aromatic heterocycles. The van der Waals surface area contributed by atoms with Crippen molar-refractivity contribution in [3.8, 4) is 0 Å². The fourth-order valence-electron chi connectivity index (χ4n) is 6.83. The van der Waals surface area contributed by atoms with Crippen molar-refractivity contribution in [1.29, 1.82) is 0 Å². The Morgan fingerprint density at radius 2 is 1.26 bits per heavy atom. The first-order chi connectivity index (χ1) is 29.4. The molecule has 1 heterocycles. The fourth-order valence-corrected chi connectivity index (χ4v) is 6.83. The highest BCUT2D eigenvalue weighted by Crippen LogP contribution is 2.36. The molecule has 3 amide bonds. The number of nitrogens with one attached hydrogen (secondary N) is 4. The molecule has 0 radical (unpaired) electrons. The van der Waals surface area contributed by atoms with Crippen LogP contribution in [-0.2, 0) is 4.79 Å². The molecule has 0 saturated heterocycles. The lowest BCUT2D eigenvalue weighted by atomic mass is 10.0. The SMILES string of the molecule is C=c1cccc/c1=C(\Nc1ccc(C(=O)NC(CCNC(=O)c2ccc(Nc3c4ccccc4nc4ccccc34)c([N+](=O)[O-])c2)C(N)=O)cc1[N+](=O)[O-])c1ccccc1N. The molecule has 6 aromatic carbocycles. The van der Waals surface area contributed by atoms with Crippen molar-refractivity contribution in [3.63, 3.8) is 0 Å². The number of hydrogen-bond acceptors (Lipinski definition) is 11. The number of carbonyl (C=O) groups excluding carboxylic acids is 3. The number of nitrogens with two attached hydrogens (primary N) is 2. The molecule has 0 aliphatic heterocycles. The van der Waals surface area contributed by atoms with Gasteiger partial charge in [-0.2, -0.15) is 0 Å². The summed E-state index contributed by atoms with van der Waals surface area (Å²) in [5.41, 5.74) is 14.5. The maximum absolute atomic E-state index is 13.4. The molecule has 0 aliphatic rings. The summed E-state index contributed by atoms with van der Waals surface area (Å²) in [6.45, 7) is 3.91. The molecule has 16 heteroatoms. The number of amides is 3. The van der Waals surface area contributed by atoms with Gasteiger partial charge in [-0.05, 0) is 54.1 Å². The summed E-state index contributed by atoms with van der Waals surface area (Å²) in [5, 5.41) is 38.7. The van der Waals surface area contributed by atoms with E-state index in [4.69, 9.17) is 11.5 Å². The van der Waals surface area contributed by atoms with Crippen LogP contribution in [0.15, 0.2) is 133 Å². The zero-order valence-corrected chi connectivity index (χ0v) is 32.3. The van der Waals surface area contributed by atoms with Crippen molar-refractivity contribution in [2.45, 2.75) is 12.5 Å². The van der Waals surface area contributed by atoms with Crippen molar-refractivity contribution >= 4 is 85.9 Å². The Morgan fingerprint density at radius 1 is 0.705 bits per heavy atom. The van der Waals surface area contributed by atoms with E-state index in [2.05, 4.69) is 32.8 Å². The number of nitro groups is 2. The molecule has 0 fully saturated rings. The predicted octanol–water partition coefficient (Wildman–Crippen LogP) is 5.61. The molecule has 0 saturated carbocycles. The summed E-state index contributed by atoms with van der Waals surface area (Å²) < 4.78 is 0. The Balaban J connectivity index is 1.05. The minimum Gasteiger partial charge on any atom is -0.398 e. The molecular formula is C45H37N9O7. The molecule has 8 N–H and O–H groups in total. The molecule has 61 heavy (non-hydrogen) atoms. The minimum absolute atomic E-state index is 0.0311. The van der Waals surface area contributed by atoms with Gasteiger partial charge in [-0.25, -0.2) is 4.98 Å². The molecule has 16 nitrogen and oxygen atoms in total. The van der Waals surface area contributed by atoms with Gasteiger partial charge in [0.25, 0.3) is 23.2 Å². The largest absolute Gasteiger partial charge is 0.398 e. The average Bonchev–Trinajstić information content (AvgIpc) is 3.25. The molecule has 1 unspecified atom stereocenters. The van der Waals surface area contributed by atoms with Gasteiger partial charge >= 0.3 is 0 Å². The van der Waals surface area contributed by atoms with Gasteiger partial charge in [0.1, 0.15) is 17.4 Å². The van der Waals surface area contributed by atoms with Crippen molar-refractivity contribution in [2.24, 2.45) is 5.73 Å². The standard InChI is InChI=1S/C45H37N9O7/c1-26-10-2-3-11-29(26)41(30-12-4-7-15-33(30)46)50-36-21-19-28(25-40(36)54(60)61)45(57)52-38(43(47)55)22-23-48-44(56)27-18-20-37(39(24-27)53(58)59)51-42-31-13-5-8-16-34(31)49-35-17-9-6-14-32(35)42/h2-21,24-25,38,50H,1,22-23,46H2,(H2,47,55)(H,48,56)(H,49,51)(H,52,57)/b41-29+. The molecule has 1 atom stereocenters. The van der Waals surface area contributed by atoms with E-state index in [1.54, 1.807) is 48.5 Å². The van der Waals surface area contributed by atoms with E-state index in [9.17, 15) is 34.6 Å². The number of nitrogens with zero attached hydrogens (tertiary/aromatic N) is 3. The van der Waals surface area contributed by atoms with Crippen LogP contribution in [0.4, 0.5) is 34.1 Å². The summed E-state index contributed by atoms with van der Waals surface area (Å²) in [7, 11) is 0. The van der Waals surface area contributed by atoms with Crippen molar-refractivity contribution < 1.29 is 24.2 Å². The molecule has 0 spiro atoms. The van der Waals surface area contributed by atoms with E-state index in [-0.39, 0.29) is 41.2 Å². The number of fused-ring (bicyclic) bond motifs is 2. The number of nitrogen functional groups attached to an aromatic ring is 1. The van der Waals surface area contributed by atoms with Crippen LogP contribution in [0.2, 0.25) is 0 Å². The molecule has 0 aliphatic carbocycles. The number of benzene rings is 6. The molecule has 7 rings (SSSR count). The monoisotopic (exact) mass is 815 g/mol. The highest BCUT2D eigenvalue weighted by Gasteiger charge is 2.25.